The van der Waals surface area contributed by atoms with Gasteiger partial charge in [0.05, 0.1) is 11.6 Å². The molecule has 6 N–H and O–H groups in total. The summed E-state index contributed by atoms with van der Waals surface area (Å²) in [5.41, 5.74) is 4.04. The Kier molecular flexibility index (Phi) is 5.54. The molecule has 1 saturated carbocycles. The summed E-state index contributed by atoms with van der Waals surface area (Å²) in [6.07, 6.45) is 0.0385. The molecule has 0 bridgehead atoms. The average molecular weight is 505 g/mol. The van der Waals surface area contributed by atoms with Gasteiger partial charge >= 0.3 is 0 Å². The summed E-state index contributed by atoms with van der Waals surface area (Å²) < 4.78 is 0. The minimum Gasteiger partial charge on any atom is -0.508 e. The van der Waals surface area contributed by atoms with Gasteiger partial charge in [-0.2, -0.15) is 0 Å². The molecule has 3 aliphatic carbocycles. The lowest BCUT2D eigenvalue weighted by Crippen LogP contribution is -2.65. The topological polar surface area (TPSA) is 161 Å². The molecule has 0 spiro atoms. The number of fused-ring (bicyclic) bond motifs is 3. The maximum absolute atomic E-state index is 14.0. The van der Waals surface area contributed by atoms with Crippen LogP contribution in [0.2, 0.25) is 0 Å². The first-order valence-corrected chi connectivity index (χ1v) is 12.0. The number of benzene rings is 2. The first-order valence-electron chi connectivity index (χ1n) is 12.0. The van der Waals surface area contributed by atoms with Crippen LogP contribution in [0.15, 0.2) is 59.4 Å². The van der Waals surface area contributed by atoms with Gasteiger partial charge in [0.25, 0.3) is 5.91 Å². The number of hydrogen-bond acceptors (Lipinski definition) is 8. The zero-order valence-corrected chi connectivity index (χ0v) is 20.6. The monoisotopic (exact) mass is 504 g/mol. The highest BCUT2D eigenvalue weighted by molar-refractivity contribution is 6.24. The van der Waals surface area contributed by atoms with E-state index in [9.17, 15) is 34.8 Å². The van der Waals surface area contributed by atoms with Crippen LogP contribution in [0.5, 0.6) is 5.75 Å². The standard InChI is InChI=1S/C28H28N2O7/c1-12-15-11-16-22(30(2)3)24(33)21(27(29)36)26(35)28(16,37)25(34)19(15)23(32)20-17(31)10-9-14(18(12)20)13-7-5-4-6-8-13/h4-10,12,15-16,22,31-32,35,37H,11H2,1-3H3,(H2,29,36). The number of primary amides is 1. The second-order valence-corrected chi connectivity index (χ2v) is 10.2. The smallest absolute Gasteiger partial charge is 0.255 e. The largest absolute Gasteiger partial charge is 0.508 e. The highest BCUT2D eigenvalue weighted by Crippen LogP contribution is 2.57. The molecule has 9 nitrogen and oxygen atoms in total. The summed E-state index contributed by atoms with van der Waals surface area (Å²) in [4.78, 5) is 40.8. The molecule has 1 fully saturated rings. The molecule has 9 heteroatoms. The molecule has 0 radical (unpaired) electrons. The van der Waals surface area contributed by atoms with Crippen molar-refractivity contribution in [2.24, 2.45) is 17.6 Å². The Hall–Kier alpha value is -3.95. The van der Waals surface area contributed by atoms with Crippen molar-refractivity contribution < 1.29 is 34.8 Å². The summed E-state index contributed by atoms with van der Waals surface area (Å²) in [5, 5.41) is 44.8. The summed E-state index contributed by atoms with van der Waals surface area (Å²) in [7, 11) is 3.14. The Morgan fingerprint density at radius 3 is 2.30 bits per heavy atom. The number of rotatable bonds is 3. The van der Waals surface area contributed by atoms with Gasteiger partial charge in [0.15, 0.2) is 11.4 Å². The van der Waals surface area contributed by atoms with Crippen molar-refractivity contribution in [3.63, 3.8) is 0 Å². The lowest BCUT2D eigenvalue weighted by Gasteiger charge is -2.51. The summed E-state index contributed by atoms with van der Waals surface area (Å²) in [5.74, 6) is -7.09. The number of carbonyl (C=O) groups is 3. The number of aliphatic hydroxyl groups is 3. The van der Waals surface area contributed by atoms with Crippen LogP contribution in [-0.2, 0) is 14.4 Å². The molecular formula is C28H28N2O7. The Morgan fingerprint density at radius 2 is 1.70 bits per heavy atom. The number of amides is 1. The van der Waals surface area contributed by atoms with Crippen LogP contribution < -0.4 is 5.73 Å². The van der Waals surface area contributed by atoms with E-state index in [0.717, 1.165) is 11.1 Å². The van der Waals surface area contributed by atoms with Crippen LogP contribution in [0.4, 0.5) is 0 Å². The molecule has 5 rings (SSSR count). The molecule has 192 valence electrons. The van der Waals surface area contributed by atoms with Crippen LogP contribution in [0.3, 0.4) is 0 Å². The number of hydrogen-bond donors (Lipinski definition) is 5. The third kappa shape index (κ3) is 3.20. The molecular weight excluding hydrogens is 476 g/mol. The van der Waals surface area contributed by atoms with Gasteiger partial charge in [-0.15, -0.1) is 0 Å². The van der Waals surface area contributed by atoms with E-state index in [1.165, 1.54) is 11.0 Å². The number of aliphatic hydroxyl groups excluding tert-OH is 2. The molecule has 0 saturated heterocycles. The third-order valence-electron chi connectivity index (χ3n) is 8.16. The number of phenolic OH excluding ortho intramolecular Hbond substituents is 1. The Bertz CT molecular complexity index is 1430. The number of likely N-dealkylation sites (N-methyl/N-ethyl adjacent to an activating group) is 1. The Balaban J connectivity index is 1.79. The number of ketones is 2. The predicted octanol–water partition coefficient (Wildman–Crippen LogP) is 2.19. The van der Waals surface area contributed by atoms with Crippen LogP contribution in [0.25, 0.3) is 16.9 Å². The zero-order valence-electron chi connectivity index (χ0n) is 20.6. The van der Waals surface area contributed by atoms with Crippen molar-refractivity contribution >= 4 is 23.2 Å². The SMILES string of the molecule is CC1c2c(-c3ccccc3)ccc(O)c2C(O)=C2C(=O)C3(O)C(O)=C(C(N)=O)C(=O)C(N(C)C)C3CC21. The van der Waals surface area contributed by atoms with Crippen molar-refractivity contribution in [3.05, 3.63) is 70.5 Å². The number of nitrogens with two attached hydrogens (primary N) is 1. The van der Waals surface area contributed by atoms with Crippen molar-refractivity contribution in [2.45, 2.75) is 30.9 Å². The van der Waals surface area contributed by atoms with Gasteiger partial charge in [-0.25, -0.2) is 0 Å². The lowest BCUT2D eigenvalue weighted by molar-refractivity contribution is -0.154. The fraction of sp³-hybridized carbons (Fsp3) is 0.321. The molecule has 3 aliphatic rings. The minimum atomic E-state index is -2.66. The second-order valence-electron chi connectivity index (χ2n) is 10.2. The van der Waals surface area contributed by atoms with Gasteiger partial charge in [0, 0.05) is 11.5 Å². The van der Waals surface area contributed by atoms with E-state index in [2.05, 4.69) is 0 Å². The predicted molar refractivity (Wildman–Crippen MR) is 134 cm³/mol. The maximum atomic E-state index is 14.0. The molecule has 5 unspecified atom stereocenters. The first-order chi connectivity index (χ1) is 17.4. The Morgan fingerprint density at radius 1 is 1.05 bits per heavy atom. The van der Waals surface area contributed by atoms with Gasteiger partial charge in [-0.3, -0.25) is 19.3 Å². The summed E-state index contributed by atoms with van der Waals surface area (Å²) in [6.45, 7) is 1.86. The average Bonchev–Trinajstić information content (AvgIpc) is 2.84. The maximum Gasteiger partial charge on any atom is 0.255 e. The van der Waals surface area contributed by atoms with Crippen molar-refractivity contribution in [1.29, 1.82) is 0 Å². The third-order valence-corrected chi connectivity index (χ3v) is 8.16. The lowest BCUT2D eigenvalue weighted by atomic mass is 9.55. The molecule has 0 aromatic heterocycles. The van der Waals surface area contributed by atoms with E-state index < -0.39 is 64.0 Å². The zero-order chi connectivity index (χ0) is 27.0. The van der Waals surface area contributed by atoms with E-state index in [1.54, 1.807) is 20.2 Å². The minimum absolute atomic E-state index is 0.0385. The number of nitrogens with zero attached hydrogens (tertiary/aromatic N) is 1. The molecule has 0 heterocycles. The van der Waals surface area contributed by atoms with Crippen LogP contribution in [0, 0.1) is 11.8 Å². The van der Waals surface area contributed by atoms with E-state index in [1.807, 2.05) is 37.3 Å². The van der Waals surface area contributed by atoms with Gasteiger partial charge in [0.2, 0.25) is 5.78 Å². The number of Topliss-reactive ketones (excluding diaryl/α,β-unsaturated/α-hetero) is 2. The van der Waals surface area contributed by atoms with Crippen LogP contribution in [-0.4, -0.2) is 68.5 Å². The summed E-state index contributed by atoms with van der Waals surface area (Å²) in [6, 6.07) is 11.5. The van der Waals surface area contributed by atoms with Gasteiger partial charge in [0.1, 0.15) is 22.8 Å². The van der Waals surface area contributed by atoms with Gasteiger partial charge in [-0.05, 0) is 55.1 Å². The molecule has 0 aliphatic heterocycles. The summed E-state index contributed by atoms with van der Waals surface area (Å²) >= 11 is 0. The van der Waals surface area contributed by atoms with E-state index in [0.29, 0.717) is 5.56 Å². The van der Waals surface area contributed by atoms with Crippen molar-refractivity contribution in [2.75, 3.05) is 14.1 Å². The fourth-order valence-corrected chi connectivity index (χ4v) is 6.49. The molecule has 1 amide bonds. The quantitative estimate of drug-likeness (QED) is 0.398. The molecule has 5 atom stereocenters. The first kappa shape index (κ1) is 24.7. The van der Waals surface area contributed by atoms with Gasteiger partial charge in [-0.1, -0.05) is 43.3 Å². The van der Waals surface area contributed by atoms with E-state index >= 15 is 0 Å². The van der Waals surface area contributed by atoms with Crippen LogP contribution in [0.1, 0.15) is 30.4 Å². The highest BCUT2D eigenvalue weighted by atomic mass is 16.3. The number of aromatic hydroxyl groups is 1. The van der Waals surface area contributed by atoms with E-state index in [-0.39, 0.29) is 23.3 Å². The highest BCUT2D eigenvalue weighted by Gasteiger charge is 2.64. The van der Waals surface area contributed by atoms with E-state index in [4.69, 9.17) is 5.73 Å². The van der Waals surface area contributed by atoms with Crippen molar-refractivity contribution in [3.8, 4) is 16.9 Å². The van der Waals surface area contributed by atoms with Gasteiger partial charge < -0.3 is 26.2 Å². The Labute approximate surface area is 213 Å². The molecule has 37 heavy (non-hydrogen) atoms. The molecule has 2 aromatic rings. The van der Waals surface area contributed by atoms with Crippen molar-refractivity contribution in [1.82, 2.24) is 4.90 Å². The fourth-order valence-electron chi connectivity index (χ4n) is 6.49. The number of carbonyl (C=O) groups excluding carboxylic acids is 3. The number of phenols is 1. The second kappa shape index (κ2) is 8.29. The molecule has 2 aromatic carbocycles. The van der Waals surface area contributed by atoms with Crippen LogP contribution >= 0.6 is 0 Å². The normalized spacial score (nSPS) is 29.2.